The van der Waals surface area contributed by atoms with E-state index in [1.807, 2.05) is 53.1 Å². The molecular formula is C28H29FN6O. The lowest BCUT2D eigenvalue weighted by Gasteiger charge is -2.38. The maximum atomic E-state index is 15.1. The normalized spacial score (nSPS) is 14.8. The van der Waals surface area contributed by atoms with Gasteiger partial charge in [0, 0.05) is 67.3 Å². The number of piperazine rings is 1. The number of hydrogen-bond acceptors (Lipinski definition) is 5. The molecule has 4 heterocycles. The van der Waals surface area contributed by atoms with Crippen molar-refractivity contribution in [3.05, 3.63) is 72.9 Å². The zero-order chi connectivity index (χ0) is 24.8. The van der Waals surface area contributed by atoms with Crippen molar-refractivity contribution in [2.24, 2.45) is 0 Å². The summed E-state index contributed by atoms with van der Waals surface area (Å²) in [4.78, 5) is 11.9. The van der Waals surface area contributed by atoms with Crippen LogP contribution in [0.5, 0.6) is 5.88 Å². The van der Waals surface area contributed by atoms with E-state index in [9.17, 15) is 5.11 Å². The molecular weight excluding hydrogens is 455 g/mol. The van der Waals surface area contributed by atoms with Crippen LogP contribution < -0.4 is 10.2 Å². The fraction of sp³-hybridized carbons (Fsp3) is 0.250. The molecule has 0 saturated carbocycles. The summed E-state index contributed by atoms with van der Waals surface area (Å²) in [6.45, 7) is 7.94. The summed E-state index contributed by atoms with van der Waals surface area (Å²) in [7, 11) is 0. The van der Waals surface area contributed by atoms with E-state index in [-0.39, 0.29) is 11.7 Å². The number of aromatic hydroxyl groups is 1. The van der Waals surface area contributed by atoms with Crippen LogP contribution in [0.25, 0.3) is 27.7 Å². The third kappa shape index (κ3) is 3.93. The summed E-state index contributed by atoms with van der Waals surface area (Å²) >= 11 is 0. The molecule has 0 bridgehead atoms. The van der Waals surface area contributed by atoms with Crippen molar-refractivity contribution in [1.82, 2.24) is 19.3 Å². The van der Waals surface area contributed by atoms with E-state index in [2.05, 4.69) is 38.9 Å². The molecule has 7 nitrogen and oxygen atoms in total. The number of H-pyrrole nitrogens is 1. The third-order valence-corrected chi connectivity index (χ3v) is 7.13. The molecule has 0 unspecified atom stereocenters. The molecule has 0 amide bonds. The summed E-state index contributed by atoms with van der Waals surface area (Å²) in [5.41, 5.74) is 4.85. The van der Waals surface area contributed by atoms with Crippen LogP contribution in [0.3, 0.4) is 0 Å². The molecule has 5 aromatic rings. The summed E-state index contributed by atoms with van der Waals surface area (Å²) < 4.78 is 17.1. The van der Waals surface area contributed by atoms with Crippen LogP contribution in [0.1, 0.15) is 13.8 Å². The SMILES string of the molecule is CC(C)N1CCN(c2ccc(Nc3ccc(-c4ccc5c(O)[nH]cc5c4)n4ccnc34)cc2F)CC1. The molecule has 1 aliphatic rings. The van der Waals surface area contributed by atoms with Crippen molar-refractivity contribution in [3.63, 3.8) is 0 Å². The number of aromatic amines is 1. The van der Waals surface area contributed by atoms with E-state index in [1.165, 1.54) is 0 Å². The highest BCUT2D eigenvalue weighted by Gasteiger charge is 2.21. The lowest BCUT2D eigenvalue weighted by molar-refractivity contribution is 0.209. The van der Waals surface area contributed by atoms with Crippen LogP contribution in [0, 0.1) is 5.82 Å². The van der Waals surface area contributed by atoms with Gasteiger partial charge in [0.2, 0.25) is 0 Å². The first kappa shape index (κ1) is 22.4. The first-order valence-electron chi connectivity index (χ1n) is 12.3. The number of hydrogen-bond donors (Lipinski definition) is 3. The Kier molecular flexibility index (Phi) is 5.53. The number of fused-ring (bicyclic) bond motifs is 2. The van der Waals surface area contributed by atoms with Crippen LogP contribution >= 0.6 is 0 Å². The minimum absolute atomic E-state index is 0.167. The second-order valence-corrected chi connectivity index (χ2v) is 9.60. The highest BCUT2D eigenvalue weighted by Crippen LogP contribution is 2.32. The quantitative estimate of drug-likeness (QED) is 0.303. The first-order valence-corrected chi connectivity index (χ1v) is 12.3. The smallest absolute Gasteiger partial charge is 0.196 e. The molecule has 0 radical (unpaired) electrons. The molecule has 6 rings (SSSR count). The lowest BCUT2D eigenvalue weighted by atomic mass is 10.1. The number of rotatable bonds is 5. The number of anilines is 3. The van der Waals surface area contributed by atoms with E-state index in [1.54, 1.807) is 18.5 Å². The van der Waals surface area contributed by atoms with Gasteiger partial charge in [0.1, 0.15) is 5.82 Å². The molecule has 0 spiro atoms. The second kappa shape index (κ2) is 8.87. The Morgan fingerprint density at radius 3 is 2.64 bits per heavy atom. The number of benzene rings is 2. The molecule has 0 aliphatic carbocycles. The summed E-state index contributed by atoms with van der Waals surface area (Å²) in [6.07, 6.45) is 5.46. The van der Waals surface area contributed by atoms with Crippen molar-refractivity contribution in [2.75, 3.05) is 36.4 Å². The predicted octanol–water partition coefficient (Wildman–Crippen LogP) is 5.60. The lowest BCUT2D eigenvalue weighted by Crippen LogP contribution is -2.49. The Morgan fingerprint density at radius 1 is 1.03 bits per heavy atom. The Labute approximate surface area is 208 Å². The van der Waals surface area contributed by atoms with Gasteiger partial charge in [-0.2, -0.15) is 0 Å². The molecule has 3 aromatic heterocycles. The summed E-state index contributed by atoms with van der Waals surface area (Å²) in [5, 5.41) is 15.0. The van der Waals surface area contributed by atoms with Crippen molar-refractivity contribution < 1.29 is 9.50 Å². The van der Waals surface area contributed by atoms with Gasteiger partial charge in [-0.15, -0.1) is 0 Å². The minimum atomic E-state index is -0.225. The van der Waals surface area contributed by atoms with E-state index < -0.39 is 0 Å². The zero-order valence-corrected chi connectivity index (χ0v) is 20.4. The number of aromatic nitrogens is 3. The third-order valence-electron chi connectivity index (χ3n) is 7.13. The number of imidazole rings is 1. The number of nitrogens with one attached hydrogen (secondary N) is 2. The molecule has 8 heteroatoms. The molecule has 1 saturated heterocycles. The van der Waals surface area contributed by atoms with E-state index in [4.69, 9.17) is 0 Å². The van der Waals surface area contributed by atoms with Crippen molar-refractivity contribution >= 4 is 33.5 Å². The monoisotopic (exact) mass is 484 g/mol. The molecule has 1 aliphatic heterocycles. The number of halogens is 1. The average Bonchev–Trinajstić information content (AvgIpc) is 3.52. The van der Waals surface area contributed by atoms with Gasteiger partial charge in [0.25, 0.3) is 0 Å². The van der Waals surface area contributed by atoms with Gasteiger partial charge < -0.3 is 20.3 Å². The molecule has 3 N–H and O–H groups in total. The molecule has 36 heavy (non-hydrogen) atoms. The van der Waals surface area contributed by atoms with Crippen LogP contribution in [-0.4, -0.2) is 56.6 Å². The van der Waals surface area contributed by atoms with Gasteiger partial charge in [-0.3, -0.25) is 9.30 Å². The van der Waals surface area contributed by atoms with E-state index in [0.29, 0.717) is 17.4 Å². The Hall–Kier alpha value is -4.04. The fourth-order valence-corrected chi connectivity index (χ4v) is 5.10. The maximum Gasteiger partial charge on any atom is 0.196 e. The molecule has 184 valence electrons. The highest BCUT2D eigenvalue weighted by molar-refractivity contribution is 5.91. The molecule has 1 fully saturated rings. The Bertz CT molecular complexity index is 1550. The summed E-state index contributed by atoms with van der Waals surface area (Å²) in [5.74, 6) is -0.0584. The van der Waals surface area contributed by atoms with Gasteiger partial charge in [-0.05, 0) is 61.9 Å². The minimum Gasteiger partial charge on any atom is -0.494 e. The van der Waals surface area contributed by atoms with Crippen molar-refractivity contribution in [2.45, 2.75) is 19.9 Å². The largest absolute Gasteiger partial charge is 0.494 e. The molecule has 0 atom stereocenters. The standard InChI is InChI=1S/C28H29FN6O/c1-18(2)33-11-13-34(14-12-33)26-7-4-21(16-23(26)29)32-24-6-8-25(35-10-9-30-27(24)35)19-3-5-22-20(15-19)17-31-28(22)36/h3-10,15-18,31-32,36H,11-14H2,1-2H3. The van der Waals surface area contributed by atoms with Crippen LogP contribution in [-0.2, 0) is 0 Å². The van der Waals surface area contributed by atoms with Crippen LogP contribution in [0.4, 0.5) is 21.5 Å². The van der Waals surface area contributed by atoms with Crippen molar-refractivity contribution in [3.8, 4) is 17.1 Å². The van der Waals surface area contributed by atoms with Gasteiger partial charge in [0.15, 0.2) is 11.5 Å². The van der Waals surface area contributed by atoms with E-state index >= 15 is 4.39 Å². The predicted molar refractivity (Wildman–Crippen MR) is 143 cm³/mol. The van der Waals surface area contributed by atoms with Gasteiger partial charge in [-0.1, -0.05) is 6.07 Å². The van der Waals surface area contributed by atoms with Crippen molar-refractivity contribution in [1.29, 1.82) is 0 Å². The average molecular weight is 485 g/mol. The second-order valence-electron chi connectivity index (χ2n) is 9.60. The number of pyridine rings is 1. The first-order chi connectivity index (χ1) is 17.5. The Balaban J connectivity index is 1.25. The Morgan fingerprint density at radius 2 is 1.86 bits per heavy atom. The highest BCUT2D eigenvalue weighted by atomic mass is 19.1. The van der Waals surface area contributed by atoms with Gasteiger partial charge >= 0.3 is 0 Å². The maximum absolute atomic E-state index is 15.1. The zero-order valence-electron chi connectivity index (χ0n) is 20.4. The van der Waals surface area contributed by atoms with E-state index in [0.717, 1.165) is 59.5 Å². The van der Waals surface area contributed by atoms with Crippen LogP contribution in [0.15, 0.2) is 67.1 Å². The topological polar surface area (TPSA) is 71.8 Å². The fourth-order valence-electron chi connectivity index (χ4n) is 5.10. The number of nitrogens with zero attached hydrogens (tertiary/aromatic N) is 4. The summed E-state index contributed by atoms with van der Waals surface area (Å²) in [6, 6.07) is 15.8. The molecule has 2 aromatic carbocycles. The van der Waals surface area contributed by atoms with Crippen LogP contribution in [0.2, 0.25) is 0 Å². The van der Waals surface area contributed by atoms with Gasteiger partial charge in [-0.25, -0.2) is 9.37 Å². The van der Waals surface area contributed by atoms with Gasteiger partial charge in [0.05, 0.1) is 17.1 Å².